The molecule has 0 aliphatic carbocycles. The molecule has 0 unspecified atom stereocenters. The van der Waals surface area contributed by atoms with Crippen molar-refractivity contribution in [1.29, 1.82) is 0 Å². The van der Waals surface area contributed by atoms with E-state index in [1.54, 1.807) is 31.2 Å². The van der Waals surface area contributed by atoms with Crippen LogP contribution < -0.4 is 5.32 Å². The molecule has 0 radical (unpaired) electrons. The Balaban J connectivity index is 2.17. The van der Waals surface area contributed by atoms with Crippen LogP contribution >= 0.6 is 11.3 Å². The highest BCUT2D eigenvalue weighted by molar-refractivity contribution is 7.17. The van der Waals surface area contributed by atoms with Gasteiger partial charge in [0.05, 0.1) is 15.5 Å². The number of oxime groups is 1. The highest BCUT2D eigenvalue weighted by atomic mass is 32.1. The molecule has 7 nitrogen and oxygen atoms in total. The van der Waals surface area contributed by atoms with Gasteiger partial charge in [0.15, 0.2) is 0 Å². The first kappa shape index (κ1) is 14.7. The molecule has 1 aromatic carbocycles. The second-order valence-corrected chi connectivity index (χ2v) is 5.18. The summed E-state index contributed by atoms with van der Waals surface area (Å²) in [4.78, 5) is 22.3. The summed E-state index contributed by atoms with van der Waals surface area (Å²) in [6.07, 6.45) is 0. The van der Waals surface area contributed by atoms with E-state index >= 15 is 0 Å². The van der Waals surface area contributed by atoms with Gasteiger partial charge < -0.3 is 10.5 Å². The van der Waals surface area contributed by atoms with Crippen molar-refractivity contribution in [3.8, 4) is 0 Å². The average molecular weight is 305 g/mol. The molecule has 8 heteroatoms. The largest absolute Gasteiger partial charge is 0.411 e. The third-order valence-corrected chi connectivity index (χ3v) is 3.72. The lowest BCUT2D eigenvalue weighted by molar-refractivity contribution is -0.380. The van der Waals surface area contributed by atoms with Crippen molar-refractivity contribution in [2.45, 2.75) is 6.92 Å². The van der Waals surface area contributed by atoms with Gasteiger partial charge in [0.2, 0.25) is 0 Å². The van der Waals surface area contributed by atoms with E-state index in [2.05, 4.69) is 10.5 Å². The van der Waals surface area contributed by atoms with Crippen molar-refractivity contribution in [2.75, 3.05) is 5.32 Å². The van der Waals surface area contributed by atoms with Crippen molar-refractivity contribution in [1.82, 2.24) is 0 Å². The number of benzene rings is 1. The number of hydrogen-bond donors (Lipinski definition) is 2. The van der Waals surface area contributed by atoms with Crippen LogP contribution in [0, 0.1) is 10.1 Å². The Kier molecular flexibility index (Phi) is 4.29. The molecule has 1 amide bonds. The van der Waals surface area contributed by atoms with E-state index in [1.165, 1.54) is 12.1 Å². The minimum absolute atomic E-state index is 0.0860. The van der Waals surface area contributed by atoms with Crippen molar-refractivity contribution in [3.63, 3.8) is 0 Å². The van der Waals surface area contributed by atoms with Crippen molar-refractivity contribution < 1.29 is 14.9 Å². The molecule has 108 valence electrons. The van der Waals surface area contributed by atoms with E-state index in [-0.39, 0.29) is 9.88 Å². The maximum Gasteiger partial charge on any atom is 0.324 e. The molecular weight excluding hydrogens is 294 g/mol. The van der Waals surface area contributed by atoms with E-state index < -0.39 is 10.8 Å². The second-order valence-electron chi connectivity index (χ2n) is 4.12. The van der Waals surface area contributed by atoms with Crippen LogP contribution in [0.1, 0.15) is 22.2 Å². The molecule has 0 spiro atoms. The molecule has 0 aliphatic rings. The van der Waals surface area contributed by atoms with E-state index in [0.29, 0.717) is 17.0 Å². The van der Waals surface area contributed by atoms with Crippen LogP contribution in [0.15, 0.2) is 41.6 Å². The summed E-state index contributed by atoms with van der Waals surface area (Å²) in [5.41, 5.74) is 1.59. The first-order valence-corrected chi connectivity index (χ1v) is 6.67. The predicted molar refractivity (Wildman–Crippen MR) is 79.4 cm³/mol. The number of nitrogens with zero attached hydrogens (tertiary/aromatic N) is 2. The summed E-state index contributed by atoms with van der Waals surface area (Å²) in [7, 11) is 0. The highest BCUT2D eigenvalue weighted by Crippen LogP contribution is 2.24. The van der Waals surface area contributed by atoms with Gasteiger partial charge in [-0.05, 0) is 25.1 Å². The van der Waals surface area contributed by atoms with Crippen molar-refractivity contribution in [3.05, 3.63) is 57.0 Å². The van der Waals surface area contributed by atoms with Gasteiger partial charge >= 0.3 is 5.00 Å². The summed E-state index contributed by atoms with van der Waals surface area (Å²) in [5.74, 6) is -0.427. The molecule has 1 heterocycles. The fourth-order valence-electron chi connectivity index (χ4n) is 1.62. The molecule has 0 saturated carbocycles. The standard InChI is InChI=1S/C13H11N3O4S/c1-8(15-18)9-3-2-4-10(7-9)14-13(17)11-5-6-12(21-11)16(19)20/h2-7,18H,1H3,(H,14,17)/b15-8-. The van der Waals surface area contributed by atoms with Gasteiger partial charge in [-0.2, -0.15) is 0 Å². The van der Waals surface area contributed by atoms with Gasteiger partial charge in [0.1, 0.15) is 0 Å². The zero-order chi connectivity index (χ0) is 15.4. The summed E-state index contributed by atoms with van der Waals surface area (Å²) in [5, 5.41) is 25.0. The second kappa shape index (κ2) is 6.14. The predicted octanol–water partition coefficient (Wildman–Crippen LogP) is 3.11. The van der Waals surface area contributed by atoms with Crippen LogP contribution in [0.4, 0.5) is 10.7 Å². The van der Waals surface area contributed by atoms with Gasteiger partial charge in [-0.25, -0.2) is 0 Å². The highest BCUT2D eigenvalue weighted by Gasteiger charge is 2.15. The molecule has 2 aromatic rings. The van der Waals surface area contributed by atoms with Crippen LogP contribution in [0.25, 0.3) is 0 Å². The Morgan fingerprint density at radius 1 is 1.38 bits per heavy atom. The molecule has 0 atom stereocenters. The summed E-state index contributed by atoms with van der Waals surface area (Å²) in [6.45, 7) is 1.63. The lowest BCUT2D eigenvalue weighted by Gasteiger charge is -2.05. The molecule has 2 N–H and O–H groups in total. The van der Waals surface area contributed by atoms with Crippen LogP contribution in [-0.2, 0) is 0 Å². The summed E-state index contributed by atoms with van der Waals surface area (Å²) in [6, 6.07) is 9.46. The van der Waals surface area contributed by atoms with E-state index in [1.807, 2.05) is 0 Å². The fraction of sp³-hybridized carbons (Fsp3) is 0.0769. The van der Waals surface area contributed by atoms with Crippen LogP contribution in [-0.4, -0.2) is 21.7 Å². The number of nitro groups is 1. The minimum atomic E-state index is -0.539. The zero-order valence-electron chi connectivity index (χ0n) is 10.9. The van der Waals surface area contributed by atoms with Gasteiger partial charge in [-0.15, -0.1) is 0 Å². The molecule has 0 bridgehead atoms. The minimum Gasteiger partial charge on any atom is -0.411 e. The molecule has 1 aromatic heterocycles. The number of thiophene rings is 1. The quantitative estimate of drug-likeness (QED) is 0.392. The first-order chi connectivity index (χ1) is 10.0. The van der Waals surface area contributed by atoms with Crippen LogP contribution in [0.5, 0.6) is 0 Å². The lowest BCUT2D eigenvalue weighted by atomic mass is 10.1. The van der Waals surface area contributed by atoms with Gasteiger partial charge in [-0.3, -0.25) is 14.9 Å². The van der Waals surface area contributed by atoms with Crippen molar-refractivity contribution >= 4 is 33.6 Å². The lowest BCUT2D eigenvalue weighted by Crippen LogP contribution is -2.10. The molecule has 0 fully saturated rings. The number of nitrogens with one attached hydrogen (secondary N) is 1. The topological polar surface area (TPSA) is 105 Å². The Labute approximate surface area is 123 Å². The van der Waals surface area contributed by atoms with Gasteiger partial charge in [-0.1, -0.05) is 28.6 Å². The first-order valence-electron chi connectivity index (χ1n) is 5.86. The van der Waals surface area contributed by atoms with Gasteiger partial charge in [0, 0.05) is 17.3 Å². The summed E-state index contributed by atoms with van der Waals surface area (Å²) >= 11 is 0.808. The Bertz CT molecular complexity index is 724. The Morgan fingerprint density at radius 3 is 2.76 bits per heavy atom. The number of anilines is 1. The monoisotopic (exact) mass is 305 g/mol. The smallest absolute Gasteiger partial charge is 0.324 e. The molecular formula is C13H11N3O4S. The number of amides is 1. The normalized spacial score (nSPS) is 11.2. The SMILES string of the molecule is C/C(=N/O)c1cccc(NC(=O)c2ccc([N+](=O)[O-])s2)c1. The number of carbonyl (C=O) groups excluding carboxylic acids is 1. The van der Waals surface area contributed by atoms with E-state index in [9.17, 15) is 14.9 Å². The van der Waals surface area contributed by atoms with E-state index in [0.717, 1.165) is 11.3 Å². The third-order valence-electron chi connectivity index (χ3n) is 2.68. The maximum atomic E-state index is 12.0. The van der Waals surface area contributed by atoms with Gasteiger partial charge in [0.25, 0.3) is 5.91 Å². The van der Waals surface area contributed by atoms with E-state index in [4.69, 9.17) is 5.21 Å². The molecule has 2 rings (SSSR count). The maximum absolute atomic E-state index is 12.0. The number of carbonyl (C=O) groups is 1. The molecule has 21 heavy (non-hydrogen) atoms. The Hall–Kier alpha value is -2.74. The Morgan fingerprint density at radius 2 is 2.14 bits per heavy atom. The van der Waals surface area contributed by atoms with Crippen LogP contribution in [0.2, 0.25) is 0 Å². The zero-order valence-corrected chi connectivity index (χ0v) is 11.8. The average Bonchev–Trinajstić information content (AvgIpc) is 2.97. The van der Waals surface area contributed by atoms with Crippen molar-refractivity contribution in [2.24, 2.45) is 5.16 Å². The summed E-state index contributed by atoms with van der Waals surface area (Å²) < 4.78 is 0. The number of rotatable bonds is 4. The fourth-order valence-corrected chi connectivity index (χ4v) is 2.34. The third kappa shape index (κ3) is 3.42. The molecule has 0 aliphatic heterocycles. The number of hydrogen-bond acceptors (Lipinski definition) is 6. The van der Waals surface area contributed by atoms with Crippen LogP contribution in [0.3, 0.4) is 0 Å². The molecule has 0 saturated heterocycles.